The van der Waals surface area contributed by atoms with Crippen molar-refractivity contribution in [1.29, 1.82) is 0 Å². The Morgan fingerprint density at radius 3 is 2.52 bits per heavy atom. The Bertz CT molecular complexity index is 1020. The van der Waals surface area contributed by atoms with Crippen LogP contribution in [0.2, 0.25) is 0 Å². The summed E-state index contributed by atoms with van der Waals surface area (Å²) < 4.78 is 43.5. The van der Waals surface area contributed by atoms with Crippen molar-refractivity contribution in [1.82, 2.24) is 4.98 Å². The van der Waals surface area contributed by atoms with Crippen LogP contribution in [0.15, 0.2) is 33.5 Å². The fourth-order valence-corrected chi connectivity index (χ4v) is 2.14. The summed E-state index contributed by atoms with van der Waals surface area (Å²) in [6.07, 6.45) is -4.62. The topological polar surface area (TPSA) is 106 Å². The quantitative estimate of drug-likeness (QED) is 0.666. The van der Waals surface area contributed by atoms with Gasteiger partial charge in [0.05, 0.1) is 16.3 Å². The van der Waals surface area contributed by atoms with Crippen molar-refractivity contribution < 1.29 is 27.5 Å². The first-order valence-electron chi connectivity index (χ1n) is 6.16. The highest BCUT2D eigenvalue weighted by molar-refractivity contribution is 5.98. The second kappa shape index (κ2) is 4.70. The number of benzene rings is 1. The Hall–Kier alpha value is -3.10. The first kappa shape index (κ1) is 14.8. The maximum Gasteiger partial charge on any atom is 0.416 e. The van der Waals surface area contributed by atoms with E-state index in [1.807, 2.05) is 0 Å². The molecular formula is C14H7F3N2O4. The molecule has 0 fully saturated rings. The normalized spacial score (nSPS) is 12.0. The monoisotopic (exact) mass is 324 g/mol. The summed E-state index contributed by atoms with van der Waals surface area (Å²) in [5, 5.41) is 8.39. The zero-order valence-electron chi connectivity index (χ0n) is 11.1. The van der Waals surface area contributed by atoms with E-state index in [4.69, 9.17) is 15.3 Å². The predicted molar refractivity (Wildman–Crippen MR) is 74.2 cm³/mol. The van der Waals surface area contributed by atoms with E-state index in [0.717, 1.165) is 18.2 Å². The third-order valence-corrected chi connectivity index (χ3v) is 3.25. The van der Waals surface area contributed by atoms with Crippen molar-refractivity contribution in [2.45, 2.75) is 6.18 Å². The van der Waals surface area contributed by atoms with Crippen molar-refractivity contribution in [3.8, 4) is 0 Å². The van der Waals surface area contributed by atoms with E-state index in [1.54, 1.807) is 0 Å². The van der Waals surface area contributed by atoms with Gasteiger partial charge in [0.25, 0.3) is 0 Å². The van der Waals surface area contributed by atoms with Crippen molar-refractivity contribution in [3.05, 3.63) is 45.6 Å². The number of anilines is 1. The Balaban J connectivity index is 2.42. The number of hydrogen-bond donors (Lipinski definition) is 2. The van der Waals surface area contributed by atoms with Crippen LogP contribution in [0, 0.1) is 0 Å². The molecule has 118 valence electrons. The van der Waals surface area contributed by atoms with Gasteiger partial charge in [0.1, 0.15) is 17.0 Å². The minimum atomic E-state index is -4.62. The number of nitrogen functional groups attached to an aromatic ring is 1. The number of carboxylic acid groups (broad SMARTS) is 1. The van der Waals surface area contributed by atoms with Crippen LogP contribution in [0.1, 0.15) is 15.9 Å². The second-order valence-corrected chi connectivity index (χ2v) is 4.72. The lowest BCUT2D eigenvalue weighted by atomic mass is 10.1. The van der Waals surface area contributed by atoms with Gasteiger partial charge in [-0.15, -0.1) is 0 Å². The first-order valence-corrected chi connectivity index (χ1v) is 6.16. The largest absolute Gasteiger partial charge is 0.478 e. The minimum Gasteiger partial charge on any atom is -0.478 e. The number of hydrogen-bond acceptors (Lipinski definition) is 5. The van der Waals surface area contributed by atoms with Gasteiger partial charge in [-0.3, -0.25) is 4.79 Å². The number of halogens is 3. The molecule has 6 nitrogen and oxygen atoms in total. The van der Waals surface area contributed by atoms with Crippen LogP contribution < -0.4 is 11.2 Å². The van der Waals surface area contributed by atoms with Crippen LogP contribution in [0.5, 0.6) is 0 Å². The fraction of sp³-hybridized carbons (Fsp3) is 0.0714. The molecule has 0 saturated carbocycles. The van der Waals surface area contributed by atoms with Gasteiger partial charge < -0.3 is 15.3 Å². The number of pyridine rings is 1. The molecule has 0 atom stereocenters. The number of nitrogens with zero attached hydrogens (tertiary/aromatic N) is 1. The Kier molecular flexibility index (Phi) is 3.03. The van der Waals surface area contributed by atoms with Crippen molar-refractivity contribution in [3.63, 3.8) is 0 Å². The smallest absolute Gasteiger partial charge is 0.416 e. The van der Waals surface area contributed by atoms with Crippen molar-refractivity contribution in [2.24, 2.45) is 0 Å². The first-order chi connectivity index (χ1) is 10.7. The van der Waals surface area contributed by atoms with E-state index >= 15 is 0 Å². The van der Waals surface area contributed by atoms with Crippen LogP contribution in [-0.2, 0) is 6.18 Å². The van der Waals surface area contributed by atoms with Crippen LogP contribution in [-0.4, -0.2) is 16.1 Å². The van der Waals surface area contributed by atoms with Gasteiger partial charge in [0, 0.05) is 0 Å². The average molecular weight is 324 g/mol. The molecule has 0 aliphatic rings. The van der Waals surface area contributed by atoms with Gasteiger partial charge in [-0.1, -0.05) is 0 Å². The van der Waals surface area contributed by atoms with Gasteiger partial charge in [0.15, 0.2) is 0 Å². The van der Waals surface area contributed by atoms with E-state index in [1.165, 1.54) is 0 Å². The Morgan fingerprint density at radius 1 is 1.22 bits per heavy atom. The lowest BCUT2D eigenvalue weighted by molar-refractivity contribution is -0.137. The van der Waals surface area contributed by atoms with Gasteiger partial charge >= 0.3 is 12.1 Å². The standard InChI is InChI=1S/C14H7F3N2O4/c15-14(16,17)5-1-2-9-6(3-5)10(20)7-4-8(13(21)22)11(18)19-12(7)23-9/h1-4H,(H2,18,19)(H,21,22). The fourth-order valence-electron chi connectivity index (χ4n) is 2.14. The highest BCUT2D eigenvalue weighted by Gasteiger charge is 2.31. The number of rotatable bonds is 1. The molecule has 0 aliphatic carbocycles. The molecule has 3 rings (SSSR count). The maximum atomic E-state index is 12.7. The van der Waals surface area contributed by atoms with Gasteiger partial charge in [-0.05, 0) is 24.3 Å². The molecule has 0 aliphatic heterocycles. The molecule has 0 amide bonds. The number of carbonyl (C=O) groups is 1. The number of carboxylic acids is 1. The molecule has 23 heavy (non-hydrogen) atoms. The average Bonchev–Trinajstić information content (AvgIpc) is 2.45. The summed E-state index contributed by atoms with van der Waals surface area (Å²) in [5.41, 5.74) is 2.84. The summed E-state index contributed by atoms with van der Waals surface area (Å²) in [6, 6.07) is 3.36. The highest BCUT2D eigenvalue weighted by atomic mass is 19.4. The maximum absolute atomic E-state index is 12.7. The van der Waals surface area contributed by atoms with Gasteiger partial charge in [-0.25, -0.2) is 4.79 Å². The van der Waals surface area contributed by atoms with Crippen LogP contribution in [0.4, 0.5) is 19.0 Å². The van der Waals surface area contributed by atoms with Crippen LogP contribution >= 0.6 is 0 Å². The highest BCUT2D eigenvalue weighted by Crippen LogP contribution is 2.31. The molecule has 3 aromatic rings. The predicted octanol–water partition coefficient (Wildman–Crippen LogP) is 2.64. The molecule has 0 bridgehead atoms. The summed E-state index contributed by atoms with van der Waals surface area (Å²) >= 11 is 0. The molecule has 2 heterocycles. The van der Waals surface area contributed by atoms with Crippen molar-refractivity contribution >= 4 is 33.9 Å². The lowest BCUT2D eigenvalue weighted by Gasteiger charge is -2.08. The molecule has 3 N–H and O–H groups in total. The molecule has 9 heteroatoms. The van der Waals surface area contributed by atoms with Gasteiger partial charge in [-0.2, -0.15) is 18.2 Å². The Morgan fingerprint density at radius 2 is 1.91 bits per heavy atom. The zero-order chi connectivity index (χ0) is 16.9. The Labute approximate surface area is 125 Å². The van der Waals surface area contributed by atoms with E-state index in [2.05, 4.69) is 4.98 Å². The lowest BCUT2D eigenvalue weighted by Crippen LogP contribution is -2.11. The molecule has 0 spiro atoms. The van der Waals surface area contributed by atoms with E-state index in [-0.39, 0.29) is 27.9 Å². The number of aromatic nitrogens is 1. The SMILES string of the molecule is Nc1nc2oc3ccc(C(F)(F)F)cc3c(=O)c2cc1C(=O)O. The van der Waals surface area contributed by atoms with E-state index < -0.39 is 28.7 Å². The van der Waals surface area contributed by atoms with Crippen LogP contribution in [0.25, 0.3) is 22.1 Å². The molecule has 2 aromatic heterocycles. The third-order valence-electron chi connectivity index (χ3n) is 3.25. The molecular weight excluding hydrogens is 317 g/mol. The second-order valence-electron chi connectivity index (χ2n) is 4.72. The summed E-state index contributed by atoms with van der Waals surface area (Å²) in [4.78, 5) is 27.1. The van der Waals surface area contributed by atoms with Gasteiger partial charge in [0.2, 0.25) is 11.1 Å². The molecule has 0 radical (unpaired) electrons. The summed E-state index contributed by atoms with van der Waals surface area (Å²) in [5.74, 6) is -1.78. The number of aromatic carboxylic acids is 1. The van der Waals surface area contributed by atoms with E-state index in [0.29, 0.717) is 6.07 Å². The van der Waals surface area contributed by atoms with Crippen molar-refractivity contribution in [2.75, 3.05) is 5.73 Å². The molecule has 1 aromatic carbocycles. The third kappa shape index (κ3) is 2.35. The van der Waals surface area contributed by atoms with E-state index in [9.17, 15) is 22.8 Å². The molecule has 0 unspecified atom stereocenters. The number of nitrogens with two attached hydrogens (primary N) is 1. The number of fused-ring (bicyclic) bond motifs is 2. The molecule has 0 saturated heterocycles. The minimum absolute atomic E-state index is 0.106. The zero-order valence-corrected chi connectivity index (χ0v) is 11.1. The number of alkyl halides is 3. The summed E-state index contributed by atoms with van der Waals surface area (Å²) in [6.45, 7) is 0. The van der Waals surface area contributed by atoms with Crippen LogP contribution in [0.3, 0.4) is 0 Å². The summed E-state index contributed by atoms with van der Waals surface area (Å²) in [7, 11) is 0.